The van der Waals surface area contributed by atoms with Crippen LogP contribution >= 0.6 is 0 Å². The lowest BCUT2D eigenvalue weighted by Crippen LogP contribution is -2.42. The molecular formula is C18H22N4O. The van der Waals surface area contributed by atoms with Gasteiger partial charge in [-0.05, 0) is 29.3 Å². The van der Waals surface area contributed by atoms with E-state index in [1.54, 1.807) is 12.4 Å². The molecular weight excluding hydrogens is 288 g/mol. The number of amides is 1. The number of hydrogen-bond acceptors (Lipinski definition) is 4. The number of aromatic nitrogens is 1. The highest BCUT2D eigenvalue weighted by Crippen LogP contribution is 2.09. The number of carbonyl (C=O) groups excluding carboxylic acids is 1. The molecule has 0 bridgehead atoms. The number of hydrogen-bond donors (Lipinski definition) is 2. The summed E-state index contributed by atoms with van der Waals surface area (Å²) in [6, 6.07) is 11.7. The molecule has 2 heterocycles. The summed E-state index contributed by atoms with van der Waals surface area (Å²) >= 11 is 0. The molecule has 1 aliphatic rings. The van der Waals surface area contributed by atoms with E-state index < -0.39 is 0 Å². The first kappa shape index (κ1) is 15.6. The topological polar surface area (TPSA) is 57.3 Å². The van der Waals surface area contributed by atoms with E-state index in [2.05, 4.69) is 26.6 Å². The Labute approximate surface area is 136 Å². The number of carbonyl (C=O) groups is 1. The second-order valence-electron chi connectivity index (χ2n) is 5.77. The van der Waals surface area contributed by atoms with E-state index in [1.165, 1.54) is 5.56 Å². The maximum absolute atomic E-state index is 12.3. The Kier molecular flexibility index (Phi) is 5.34. The van der Waals surface area contributed by atoms with Crippen molar-refractivity contribution in [3.8, 4) is 0 Å². The predicted octanol–water partition coefficient (Wildman–Crippen LogP) is 1.42. The molecule has 0 aliphatic carbocycles. The van der Waals surface area contributed by atoms with Crippen LogP contribution in [0, 0.1) is 0 Å². The van der Waals surface area contributed by atoms with Crippen molar-refractivity contribution in [2.75, 3.05) is 26.2 Å². The van der Waals surface area contributed by atoms with Gasteiger partial charge >= 0.3 is 0 Å². The van der Waals surface area contributed by atoms with E-state index in [0.717, 1.165) is 38.3 Å². The number of rotatable bonds is 5. The third kappa shape index (κ3) is 4.61. The van der Waals surface area contributed by atoms with E-state index >= 15 is 0 Å². The van der Waals surface area contributed by atoms with Gasteiger partial charge in [-0.2, -0.15) is 0 Å². The van der Waals surface area contributed by atoms with Crippen LogP contribution in [0.15, 0.2) is 48.8 Å². The molecule has 1 amide bonds. The average molecular weight is 310 g/mol. The molecule has 3 rings (SSSR count). The van der Waals surface area contributed by atoms with Crippen LogP contribution in [0.1, 0.15) is 21.5 Å². The lowest BCUT2D eigenvalue weighted by Gasteiger charge is -2.27. The van der Waals surface area contributed by atoms with Crippen LogP contribution in [-0.4, -0.2) is 42.0 Å². The highest BCUT2D eigenvalue weighted by molar-refractivity contribution is 5.94. The molecule has 1 aliphatic heterocycles. The summed E-state index contributed by atoms with van der Waals surface area (Å²) in [6.07, 6.45) is 3.49. The second-order valence-corrected chi connectivity index (χ2v) is 5.77. The molecule has 0 spiro atoms. The third-order valence-electron chi connectivity index (χ3n) is 3.98. The van der Waals surface area contributed by atoms with Crippen molar-refractivity contribution in [3.63, 3.8) is 0 Å². The van der Waals surface area contributed by atoms with Gasteiger partial charge in [-0.15, -0.1) is 0 Å². The Balaban J connectivity index is 1.58. The van der Waals surface area contributed by atoms with Gasteiger partial charge in [-0.25, -0.2) is 0 Å². The molecule has 23 heavy (non-hydrogen) atoms. The van der Waals surface area contributed by atoms with Crippen molar-refractivity contribution in [2.24, 2.45) is 0 Å². The summed E-state index contributed by atoms with van der Waals surface area (Å²) in [5.41, 5.74) is 2.89. The van der Waals surface area contributed by atoms with E-state index in [-0.39, 0.29) is 5.91 Å². The van der Waals surface area contributed by atoms with Crippen LogP contribution < -0.4 is 10.6 Å². The quantitative estimate of drug-likeness (QED) is 0.877. The maximum atomic E-state index is 12.3. The molecule has 120 valence electrons. The molecule has 0 radical (unpaired) electrons. The summed E-state index contributed by atoms with van der Waals surface area (Å²) in [7, 11) is 0. The third-order valence-corrected chi connectivity index (χ3v) is 3.98. The average Bonchev–Trinajstić information content (AvgIpc) is 2.62. The molecule has 5 nitrogen and oxygen atoms in total. The van der Waals surface area contributed by atoms with Crippen molar-refractivity contribution in [1.29, 1.82) is 0 Å². The van der Waals surface area contributed by atoms with Crippen molar-refractivity contribution in [2.45, 2.75) is 13.1 Å². The lowest BCUT2D eigenvalue weighted by atomic mass is 10.1. The Morgan fingerprint density at radius 3 is 2.78 bits per heavy atom. The van der Waals surface area contributed by atoms with E-state index in [4.69, 9.17) is 0 Å². The standard InChI is InChI=1S/C18H22N4O/c23-18(21-13-16-4-2-6-20-12-16)17-5-1-3-15(11-17)14-22-9-7-19-8-10-22/h1-6,11-12,19H,7-10,13-14H2,(H,21,23). The minimum atomic E-state index is -0.0454. The normalized spacial score (nSPS) is 15.3. The molecule has 5 heteroatoms. The van der Waals surface area contributed by atoms with Crippen LogP contribution in [0.3, 0.4) is 0 Å². The van der Waals surface area contributed by atoms with Crippen LogP contribution in [0.25, 0.3) is 0 Å². The first-order valence-corrected chi connectivity index (χ1v) is 8.00. The summed E-state index contributed by atoms with van der Waals surface area (Å²) in [6.45, 7) is 5.56. The zero-order valence-electron chi connectivity index (χ0n) is 13.2. The summed E-state index contributed by atoms with van der Waals surface area (Å²) < 4.78 is 0. The number of pyridine rings is 1. The number of nitrogens with zero attached hydrogens (tertiary/aromatic N) is 2. The van der Waals surface area contributed by atoms with Gasteiger partial charge in [0, 0.05) is 57.2 Å². The molecule has 0 unspecified atom stereocenters. The molecule has 1 saturated heterocycles. The number of nitrogens with one attached hydrogen (secondary N) is 2. The van der Waals surface area contributed by atoms with Crippen LogP contribution in [0.4, 0.5) is 0 Å². The van der Waals surface area contributed by atoms with E-state index in [0.29, 0.717) is 12.1 Å². The van der Waals surface area contributed by atoms with E-state index in [1.807, 2.05) is 30.3 Å². The molecule has 1 aromatic heterocycles. The fourth-order valence-electron chi connectivity index (χ4n) is 2.73. The minimum absolute atomic E-state index is 0.0454. The monoisotopic (exact) mass is 310 g/mol. The van der Waals surface area contributed by atoms with Crippen molar-refractivity contribution in [3.05, 3.63) is 65.5 Å². The highest BCUT2D eigenvalue weighted by Gasteiger charge is 2.11. The fraction of sp³-hybridized carbons (Fsp3) is 0.333. The summed E-state index contributed by atoms with van der Waals surface area (Å²) in [5.74, 6) is -0.0454. The fourth-order valence-corrected chi connectivity index (χ4v) is 2.73. The number of benzene rings is 1. The molecule has 0 saturated carbocycles. The van der Waals surface area contributed by atoms with Gasteiger partial charge < -0.3 is 10.6 Å². The van der Waals surface area contributed by atoms with Gasteiger partial charge in [0.15, 0.2) is 0 Å². The molecule has 2 aromatic rings. The Bertz CT molecular complexity index is 638. The Morgan fingerprint density at radius 1 is 1.17 bits per heavy atom. The molecule has 1 aromatic carbocycles. The van der Waals surface area contributed by atoms with Gasteiger partial charge in [0.05, 0.1) is 0 Å². The van der Waals surface area contributed by atoms with Crippen molar-refractivity contribution < 1.29 is 4.79 Å². The zero-order valence-corrected chi connectivity index (χ0v) is 13.2. The van der Waals surface area contributed by atoms with Crippen molar-refractivity contribution in [1.82, 2.24) is 20.5 Å². The molecule has 0 atom stereocenters. The number of piperazine rings is 1. The predicted molar refractivity (Wildman–Crippen MR) is 90.0 cm³/mol. The Hall–Kier alpha value is -2.24. The van der Waals surface area contributed by atoms with Gasteiger partial charge in [0.1, 0.15) is 0 Å². The van der Waals surface area contributed by atoms with Gasteiger partial charge in [-0.3, -0.25) is 14.7 Å². The van der Waals surface area contributed by atoms with Crippen LogP contribution in [0.5, 0.6) is 0 Å². The largest absolute Gasteiger partial charge is 0.348 e. The zero-order chi connectivity index (χ0) is 15.9. The van der Waals surface area contributed by atoms with Gasteiger partial charge in [-0.1, -0.05) is 18.2 Å². The summed E-state index contributed by atoms with van der Waals surface area (Å²) in [4.78, 5) is 18.8. The summed E-state index contributed by atoms with van der Waals surface area (Å²) in [5, 5.41) is 6.30. The SMILES string of the molecule is O=C(NCc1cccnc1)c1cccc(CN2CCNCC2)c1. The lowest BCUT2D eigenvalue weighted by molar-refractivity contribution is 0.0950. The molecule has 1 fully saturated rings. The first-order chi connectivity index (χ1) is 11.3. The van der Waals surface area contributed by atoms with Crippen LogP contribution in [0.2, 0.25) is 0 Å². The van der Waals surface area contributed by atoms with E-state index in [9.17, 15) is 4.79 Å². The highest BCUT2D eigenvalue weighted by atomic mass is 16.1. The second kappa shape index (κ2) is 7.85. The van der Waals surface area contributed by atoms with Crippen molar-refractivity contribution >= 4 is 5.91 Å². The minimum Gasteiger partial charge on any atom is -0.348 e. The van der Waals surface area contributed by atoms with Gasteiger partial charge in [0.25, 0.3) is 5.91 Å². The molecule has 2 N–H and O–H groups in total. The van der Waals surface area contributed by atoms with Gasteiger partial charge in [0.2, 0.25) is 0 Å². The maximum Gasteiger partial charge on any atom is 0.251 e. The smallest absolute Gasteiger partial charge is 0.251 e. The Morgan fingerprint density at radius 2 is 2.00 bits per heavy atom. The van der Waals surface area contributed by atoms with Crippen LogP contribution in [-0.2, 0) is 13.1 Å². The first-order valence-electron chi connectivity index (χ1n) is 8.00.